The zero-order valence-corrected chi connectivity index (χ0v) is 16.9. The molecule has 0 spiro atoms. The van der Waals surface area contributed by atoms with E-state index in [9.17, 15) is 40.6 Å². The first-order valence-electron chi connectivity index (χ1n) is 9.39. The van der Waals surface area contributed by atoms with Crippen molar-refractivity contribution in [3.8, 4) is 11.8 Å². The van der Waals surface area contributed by atoms with Crippen molar-refractivity contribution in [3.63, 3.8) is 0 Å². The van der Waals surface area contributed by atoms with Gasteiger partial charge in [-0.2, -0.15) is 46.1 Å². The Hall–Kier alpha value is -3.66. The Morgan fingerprint density at radius 3 is 2.24 bits per heavy atom. The highest BCUT2D eigenvalue weighted by molar-refractivity contribution is 6.03. The van der Waals surface area contributed by atoms with Crippen LogP contribution in [0.4, 0.5) is 30.7 Å². The first-order valence-corrected chi connectivity index (χ1v) is 9.39. The van der Waals surface area contributed by atoms with E-state index in [1.54, 1.807) is 6.07 Å². The molecule has 6 nitrogen and oxygen atoms in total. The van der Waals surface area contributed by atoms with Gasteiger partial charge in [0.1, 0.15) is 11.8 Å². The van der Waals surface area contributed by atoms with Gasteiger partial charge in [-0.1, -0.05) is 42.5 Å². The number of benzene rings is 2. The summed E-state index contributed by atoms with van der Waals surface area (Å²) in [5, 5.41) is 22.5. The lowest BCUT2D eigenvalue weighted by molar-refractivity contribution is -0.401. The number of carbonyl (C=O) groups excluding carboxylic acids is 1. The molecule has 0 aromatic heterocycles. The average Bonchev–Trinajstić information content (AvgIpc) is 3.16. The van der Waals surface area contributed by atoms with E-state index in [-0.39, 0.29) is 16.9 Å². The first-order chi connectivity index (χ1) is 15.8. The fourth-order valence-corrected chi connectivity index (χ4v) is 3.16. The van der Waals surface area contributed by atoms with Crippen LogP contribution in [0.2, 0.25) is 0 Å². The number of hydrogen-bond acceptors (Lipinski definition) is 5. The van der Waals surface area contributed by atoms with Crippen molar-refractivity contribution in [1.82, 2.24) is 5.01 Å². The van der Waals surface area contributed by atoms with Crippen LogP contribution in [-0.4, -0.2) is 52.1 Å². The predicted molar refractivity (Wildman–Crippen MR) is 102 cm³/mol. The van der Waals surface area contributed by atoms with E-state index in [2.05, 4.69) is 5.10 Å². The van der Waals surface area contributed by atoms with E-state index >= 15 is 0 Å². The standard InChI is InChI=1S/C21H14F7N3O3/c22-19(23,20(24,25)21(26,27)28)18(33)10-15(13-6-2-1-3-7-13)30-31(18)17(32)12-34-16-9-5-4-8-14(16)11-29/h1-9,33H,10,12H2/t18-/m0/s1. The number of nitriles is 1. The fourth-order valence-electron chi connectivity index (χ4n) is 3.16. The van der Waals surface area contributed by atoms with Gasteiger partial charge in [-0.3, -0.25) is 4.79 Å². The van der Waals surface area contributed by atoms with Crippen molar-refractivity contribution in [2.24, 2.45) is 5.10 Å². The van der Waals surface area contributed by atoms with Crippen LogP contribution in [0.15, 0.2) is 59.7 Å². The molecule has 0 saturated carbocycles. The molecular formula is C21H14F7N3O3. The van der Waals surface area contributed by atoms with Gasteiger partial charge in [-0.05, 0) is 17.7 Å². The van der Waals surface area contributed by atoms with Gasteiger partial charge in [0.2, 0.25) is 5.72 Å². The van der Waals surface area contributed by atoms with E-state index < -0.39 is 53.4 Å². The molecule has 3 rings (SSSR count). The molecule has 1 heterocycles. The molecule has 34 heavy (non-hydrogen) atoms. The summed E-state index contributed by atoms with van der Waals surface area (Å²) < 4.78 is 101. The lowest BCUT2D eigenvalue weighted by Gasteiger charge is -2.41. The number of alkyl halides is 7. The minimum atomic E-state index is -6.75. The summed E-state index contributed by atoms with van der Waals surface area (Å²) in [5.74, 6) is -14.8. The summed E-state index contributed by atoms with van der Waals surface area (Å²) >= 11 is 0. The second-order valence-corrected chi connectivity index (χ2v) is 7.15. The van der Waals surface area contributed by atoms with Crippen molar-refractivity contribution < 1.29 is 45.4 Å². The molecule has 2 aromatic rings. The number of aliphatic hydroxyl groups is 1. The topological polar surface area (TPSA) is 85.9 Å². The van der Waals surface area contributed by atoms with Crippen LogP contribution in [0.1, 0.15) is 17.5 Å². The fraction of sp³-hybridized carbons (Fsp3) is 0.286. The summed E-state index contributed by atoms with van der Waals surface area (Å²) in [6.07, 6.45) is -8.28. The first kappa shape index (κ1) is 25.0. The Balaban J connectivity index is 2.01. The molecule has 13 heteroatoms. The molecule has 1 N–H and O–H groups in total. The molecular weight excluding hydrogens is 475 g/mol. The maximum absolute atomic E-state index is 14.7. The minimum absolute atomic E-state index is 0.00176. The largest absolute Gasteiger partial charge is 0.482 e. The Labute approximate surface area is 187 Å². The van der Waals surface area contributed by atoms with Gasteiger partial charge in [0, 0.05) is 6.42 Å². The smallest absolute Gasteiger partial charge is 0.460 e. The van der Waals surface area contributed by atoms with E-state index in [1.165, 1.54) is 54.6 Å². The van der Waals surface area contributed by atoms with Crippen LogP contribution in [0, 0.1) is 11.3 Å². The monoisotopic (exact) mass is 489 g/mol. The number of hydrogen-bond donors (Lipinski definition) is 1. The van der Waals surface area contributed by atoms with E-state index in [0.717, 1.165) is 0 Å². The highest BCUT2D eigenvalue weighted by Crippen LogP contribution is 2.54. The highest BCUT2D eigenvalue weighted by atomic mass is 19.4. The zero-order valence-electron chi connectivity index (χ0n) is 16.9. The molecule has 180 valence electrons. The van der Waals surface area contributed by atoms with Crippen LogP contribution in [0.25, 0.3) is 0 Å². The molecule has 0 fully saturated rings. The molecule has 0 bridgehead atoms. The predicted octanol–water partition coefficient (Wildman–Crippen LogP) is 4.10. The van der Waals surface area contributed by atoms with Crippen LogP contribution in [0.3, 0.4) is 0 Å². The molecule has 1 amide bonds. The van der Waals surface area contributed by atoms with Gasteiger partial charge in [-0.15, -0.1) is 0 Å². The van der Waals surface area contributed by atoms with Crippen LogP contribution in [0.5, 0.6) is 5.75 Å². The molecule has 2 aromatic carbocycles. The summed E-state index contributed by atoms with van der Waals surface area (Å²) in [4.78, 5) is 12.6. The van der Waals surface area contributed by atoms with Gasteiger partial charge in [0.15, 0.2) is 6.61 Å². The number of ether oxygens (including phenoxy) is 1. The van der Waals surface area contributed by atoms with Crippen LogP contribution >= 0.6 is 0 Å². The Morgan fingerprint density at radius 1 is 1.06 bits per heavy atom. The molecule has 1 aliphatic rings. The Kier molecular flexibility index (Phi) is 6.32. The zero-order chi connectivity index (χ0) is 25.4. The van der Waals surface area contributed by atoms with Gasteiger partial charge in [0.05, 0.1) is 11.3 Å². The number of carbonyl (C=O) groups is 1. The van der Waals surface area contributed by atoms with Crippen molar-refractivity contribution >= 4 is 11.6 Å². The van der Waals surface area contributed by atoms with Gasteiger partial charge in [0.25, 0.3) is 5.91 Å². The minimum Gasteiger partial charge on any atom is -0.482 e. The van der Waals surface area contributed by atoms with Crippen molar-refractivity contribution in [2.75, 3.05) is 6.61 Å². The van der Waals surface area contributed by atoms with Gasteiger partial charge < -0.3 is 9.84 Å². The highest BCUT2D eigenvalue weighted by Gasteiger charge is 2.82. The third-order valence-electron chi connectivity index (χ3n) is 4.94. The number of nitrogens with zero attached hydrogens (tertiary/aromatic N) is 3. The lowest BCUT2D eigenvalue weighted by Crippen LogP contribution is -2.69. The van der Waals surface area contributed by atoms with E-state index in [4.69, 9.17) is 10.00 Å². The number of hydrazone groups is 1. The van der Waals surface area contributed by atoms with Gasteiger partial charge in [-0.25, -0.2) is 0 Å². The number of rotatable bonds is 6. The summed E-state index contributed by atoms with van der Waals surface area (Å²) in [6.45, 7) is -1.21. The van der Waals surface area contributed by atoms with E-state index in [1.807, 2.05) is 0 Å². The van der Waals surface area contributed by atoms with E-state index in [0.29, 0.717) is 0 Å². The maximum Gasteiger partial charge on any atom is 0.460 e. The third-order valence-corrected chi connectivity index (χ3v) is 4.94. The summed E-state index contributed by atoms with van der Waals surface area (Å²) in [7, 11) is 0. The number of amides is 1. The lowest BCUT2D eigenvalue weighted by atomic mass is 9.91. The normalized spacial score (nSPS) is 18.9. The average molecular weight is 489 g/mol. The van der Waals surface area contributed by atoms with Crippen molar-refractivity contribution in [3.05, 3.63) is 65.7 Å². The molecule has 0 radical (unpaired) electrons. The number of halogens is 7. The maximum atomic E-state index is 14.7. The molecule has 1 aliphatic heterocycles. The Bertz CT molecular complexity index is 1150. The van der Waals surface area contributed by atoms with Crippen molar-refractivity contribution in [1.29, 1.82) is 5.26 Å². The molecule has 0 saturated heterocycles. The molecule has 1 atom stereocenters. The Morgan fingerprint density at radius 2 is 1.65 bits per heavy atom. The van der Waals surface area contributed by atoms with Gasteiger partial charge >= 0.3 is 18.0 Å². The summed E-state index contributed by atoms with van der Waals surface area (Å²) in [5.41, 5.74) is -4.99. The third kappa shape index (κ3) is 4.05. The second-order valence-electron chi connectivity index (χ2n) is 7.15. The summed E-state index contributed by atoms with van der Waals surface area (Å²) in [6, 6.07) is 13.9. The van der Waals surface area contributed by atoms with Crippen molar-refractivity contribution in [2.45, 2.75) is 30.2 Å². The molecule has 0 aliphatic carbocycles. The number of para-hydroxylation sites is 1. The second kappa shape index (κ2) is 8.60. The SMILES string of the molecule is N#Cc1ccccc1OCC(=O)N1N=C(c2ccccc2)C[C@]1(O)C(F)(F)C(F)(F)C(F)(F)F. The van der Waals surface area contributed by atoms with Crippen LogP contribution in [-0.2, 0) is 4.79 Å². The van der Waals surface area contributed by atoms with Crippen LogP contribution < -0.4 is 4.74 Å². The molecule has 0 unspecified atom stereocenters. The quantitative estimate of drug-likeness (QED) is 0.620.